The minimum absolute atomic E-state index is 0.0603. The lowest BCUT2D eigenvalue weighted by Crippen LogP contribution is -2.48. The molecule has 4 nitrogen and oxygen atoms in total. The summed E-state index contributed by atoms with van der Waals surface area (Å²) in [5, 5.41) is 13.8. The van der Waals surface area contributed by atoms with Crippen molar-refractivity contribution in [2.24, 2.45) is 5.92 Å². The van der Waals surface area contributed by atoms with Crippen molar-refractivity contribution < 1.29 is 14.7 Å². The number of carbonyl (C=O) groups excluding carboxylic acids is 1. The van der Waals surface area contributed by atoms with Crippen LogP contribution in [0, 0.1) is 5.92 Å². The minimum atomic E-state index is -0.992. The van der Waals surface area contributed by atoms with Gasteiger partial charge < -0.3 is 5.11 Å². The summed E-state index contributed by atoms with van der Waals surface area (Å²) >= 11 is 12.3. The fraction of sp³-hybridized carbons (Fsp3) is 0.364. The molecule has 0 aliphatic heterocycles. The third-order valence-corrected chi connectivity index (χ3v) is 4.95. The minimum Gasteiger partial charge on any atom is -0.480 e. The van der Waals surface area contributed by atoms with Gasteiger partial charge in [-0.3, -0.25) is 14.9 Å². The van der Waals surface area contributed by atoms with Crippen molar-refractivity contribution in [3.63, 3.8) is 0 Å². The molecule has 0 radical (unpaired) electrons. The summed E-state index contributed by atoms with van der Waals surface area (Å²) in [6, 6.07) is 11.4. The number of hydrogen-bond donors (Lipinski definition) is 2. The molecule has 6 heteroatoms. The number of carboxylic acid groups (broad SMARTS) is 1. The fourth-order valence-corrected chi connectivity index (χ4v) is 3.72. The van der Waals surface area contributed by atoms with Crippen molar-refractivity contribution in [1.29, 1.82) is 0 Å². The maximum atomic E-state index is 12.0. The lowest BCUT2D eigenvalue weighted by atomic mass is 9.93. The average Bonchev–Trinajstić information content (AvgIpc) is 2.59. The Kier molecular flexibility index (Phi) is 8.05. The van der Waals surface area contributed by atoms with Crippen LogP contribution in [0.1, 0.15) is 32.8 Å². The highest BCUT2D eigenvalue weighted by Crippen LogP contribution is 2.30. The highest BCUT2D eigenvalue weighted by atomic mass is 35.5. The molecule has 2 atom stereocenters. The van der Waals surface area contributed by atoms with Gasteiger partial charge in [-0.15, -0.1) is 0 Å². The molecule has 0 spiro atoms. The van der Waals surface area contributed by atoms with E-state index in [9.17, 15) is 14.7 Å². The normalized spacial score (nSPS) is 13.4. The Morgan fingerprint density at radius 3 is 2.18 bits per heavy atom. The van der Waals surface area contributed by atoms with Crippen molar-refractivity contribution in [3.05, 3.63) is 58.1 Å². The molecular formula is C22H25Cl2NO3. The number of aliphatic carboxylic acids is 1. The first-order valence-electron chi connectivity index (χ1n) is 9.21. The molecule has 150 valence electrons. The van der Waals surface area contributed by atoms with E-state index >= 15 is 0 Å². The van der Waals surface area contributed by atoms with Gasteiger partial charge >= 0.3 is 5.97 Å². The van der Waals surface area contributed by atoms with Gasteiger partial charge in [0.1, 0.15) is 11.8 Å². The molecule has 0 amide bonds. The summed E-state index contributed by atoms with van der Waals surface area (Å²) in [4.78, 5) is 23.9. The third kappa shape index (κ3) is 6.33. The number of Topliss-reactive ketones (excluding diaryl/α,β-unsaturated/α-hetero) is 1. The van der Waals surface area contributed by atoms with E-state index in [1.165, 1.54) is 6.92 Å². The molecule has 2 aromatic carbocycles. The molecule has 0 aliphatic carbocycles. The van der Waals surface area contributed by atoms with Crippen molar-refractivity contribution >= 4 is 35.0 Å². The van der Waals surface area contributed by atoms with E-state index in [2.05, 4.69) is 5.32 Å². The number of rotatable bonds is 9. The molecule has 0 aromatic heterocycles. The zero-order valence-electron chi connectivity index (χ0n) is 16.2. The number of ketones is 1. The van der Waals surface area contributed by atoms with Crippen LogP contribution in [0.3, 0.4) is 0 Å². The molecule has 28 heavy (non-hydrogen) atoms. The molecule has 0 bridgehead atoms. The van der Waals surface area contributed by atoms with Crippen LogP contribution in [0.5, 0.6) is 0 Å². The molecule has 0 saturated carbocycles. The Hall–Kier alpha value is -1.88. The van der Waals surface area contributed by atoms with Crippen molar-refractivity contribution in [1.82, 2.24) is 5.32 Å². The molecule has 0 fully saturated rings. The van der Waals surface area contributed by atoms with E-state index in [4.69, 9.17) is 23.2 Å². The maximum Gasteiger partial charge on any atom is 0.321 e. The van der Waals surface area contributed by atoms with Gasteiger partial charge in [-0.05, 0) is 60.6 Å². The standard InChI is InChI=1S/C22H25Cl2NO3/c1-13(2)8-20(14(3)26)25-21(22(27)28)11-15-6-4-5-7-19(15)16-9-17(23)12-18(24)10-16/h4-7,9-10,12-13,20-21,25H,8,11H2,1-3H3,(H,27,28)/t20-,21-/m0/s1. The molecule has 0 unspecified atom stereocenters. The van der Waals surface area contributed by atoms with Crippen LogP contribution in [0.15, 0.2) is 42.5 Å². The zero-order valence-corrected chi connectivity index (χ0v) is 17.7. The molecular weight excluding hydrogens is 397 g/mol. The Bertz CT molecular complexity index is 831. The number of nitrogens with one attached hydrogen (secondary N) is 1. The van der Waals surface area contributed by atoms with E-state index in [1.807, 2.05) is 38.1 Å². The summed E-state index contributed by atoms with van der Waals surface area (Å²) in [5.74, 6) is -0.777. The van der Waals surface area contributed by atoms with E-state index in [-0.39, 0.29) is 18.1 Å². The smallest absolute Gasteiger partial charge is 0.321 e. The first-order chi connectivity index (χ1) is 13.2. The summed E-state index contributed by atoms with van der Waals surface area (Å²) < 4.78 is 0. The van der Waals surface area contributed by atoms with E-state index in [0.29, 0.717) is 16.5 Å². The largest absolute Gasteiger partial charge is 0.480 e. The molecule has 2 aromatic rings. The van der Waals surface area contributed by atoms with Crippen LogP contribution in [0.4, 0.5) is 0 Å². The second-order valence-corrected chi connectivity index (χ2v) is 8.24. The van der Waals surface area contributed by atoms with E-state index in [1.54, 1.807) is 18.2 Å². The SMILES string of the molecule is CC(=O)[C@H](CC(C)C)N[C@@H](Cc1ccccc1-c1cc(Cl)cc(Cl)c1)C(=O)O. The van der Waals surface area contributed by atoms with Gasteiger partial charge in [0.05, 0.1) is 6.04 Å². The van der Waals surface area contributed by atoms with Crippen LogP contribution >= 0.6 is 23.2 Å². The quantitative estimate of drug-likeness (QED) is 0.579. The Balaban J connectivity index is 2.33. The lowest BCUT2D eigenvalue weighted by molar-refractivity contribution is -0.139. The maximum absolute atomic E-state index is 12.0. The topological polar surface area (TPSA) is 66.4 Å². The first-order valence-corrected chi connectivity index (χ1v) is 9.96. The van der Waals surface area contributed by atoms with Gasteiger partial charge in [-0.1, -0.05) is 61.3 Å². The van der Waals surface area contributed by atoms with Crippen LogP contribution in [-0.4, -0.2) is 28.9 Å². The van der Waals surface area contributed by atoms with Crippen LogP contribution < -0.4 is 5.32 Å². The van der Waals surface area contributed by atoms with Crippen LogP contribution in [-0.2, 0) is 16.0 Å². The lowest BCUT2D eigenvalue weighted by Gasteiger charge is -2.23. The predicted molar refractivity (Wildman–Crippen MR) is 114 cm³/mol. The van der Waals surface area contributed by atoms with Crippen molar-refractivity contribution in [2.45, 2.75) is 45.7 Å². The van der Waals surface area contributed by atoms with E-state index in [0.717, 1.165) is 16.7 Å². The number of carboxylic acids is 1. The molecule has 0 aliphatic rings. The van der Waals surface area contributed by atoms with Gasteiger partial charge in [0.2, 0.25) is 0 Å². The fourth-order valence-electron chi connectivity index (χ4n) is 3.19. The second kappa shape index (κ2) is 10.1. The molecule has 0 heterocycles. The summed E-state index contributed by atoms with van der Waals surface area (Å²) in [5.41, 5.74) is 2.53. The molecule has 2 rings (SSSR count). The first kappa shape index (κ1) is 22.4. The van der Waals surface area contributed by atoms with Gasteiger partial charge in [0.15, 0.2) is 0 Å². The summed E-state index contributed by atoms with van der Waals surface area (Å²) in [7, 11) is 0. The van der Waals surface area contributed by atoms with Gasteiger partial charge in [-0.2, -0.15) is 0 Å². The average molecular weight is 422 g/mol. The van der Waals surface area contributed by atoms with Gasteiger partial charge in [-0.25, -0.2) is 0 Å². The molecule has 2 N–H and O–H groups in total. The van der Waals surface area contributed by atoms with Crippen LogP contribution in [0.2, 0.25) is 10.0 Å². The highest BCUT2D eigenvalue weighted by molar-refractivity contribution is 6.35. The number of halogens is 2. The third-order valence-electron chi connectivity index (χ3n) is 4.51. The number of carbonyl (C=O) groups is 2. The van der Waals surface area contributed by atoms with Crippen LogP contribution in [0.25, 0.3) is 11.1 Å². The number of benzene rings is 2. The summed E-state index contributed by atoms with van der Waals surface area (Å²) in [6.45, 7) is 5.50. The van der Waals surface area contributed by atoms with Crippen molar-refractivity contribution in [2.75, 3.05) is 0 Å². The second-order valence-electron chi connectivity index (χ2n) is 7.37. The van der Waals surface area contributed by atoms with Gasteiger partial charge in [0.25, 0.3) is 0 Å². The van der Waals surface area contributed by atoms with Gasteiger partial charge in [0, 0.05) is 10.0 Å². The Morgan fingerprint density at radius 1 is 1.04 bits per heavy atom. The number of hydrogen-bond acceptors (Lipinski definition) is 3. The van der Waals surface area contributed by atoms with Crippen molar-refractivity contribution in [3.8, 4) is 11.1 Å². The Morgan fingerprint density at radius 2 is 1.64 bits per heavy atom. The Labute approximate surface area is 175 Å². The highest BCUT2D eigenvalue weighted by Gasteiger charge is 2.26. The predicted octanol–water partition coefficient (Wildman–Crippen LogP) is 5.25. The summed E-state index contributed by atoms with van der Waals surface area (Å²) in [6.07, 6.45) is 0.822. The molecule has 0 saturated heterocycles. The monoisotopic (exact) mass is 421 g/mol. The zero-order chi connectivity index (χ0) is 20.8. The van der Waals surface area contributed by atoms with E-state index < -0.39 is 18.1 Å².